The Kier molecular flexibility index (Phi) is 18.3. The van der Waals surface area contributed by atoms with Crippen LogP contribution in [0.3, 0.4) is 0 Å². The van der Waals surface area contributed by atoms with Crippen LogP contribution in [0.25, 0.3) is 16.7 Å². The molecule has 6 atom stereocenters. The molecule has 28 heteroatoms. The van der Waals surface area contributed by atoms with Crippen molar-refractivity contribution in [3.8, 4) is 0 Å². The monoisotopic (exact) mass is 1160 g/mol. The summed E-state index contributed by atoms with van der Waals surface area (Å²) in [5.41, 5.74) is 14.5. The minimum absolute atomic E-state index is 0.00962. The minimum Gasteiger partial charge on any atom is -0.387 e. The summed E-state index contributed by atoms with van der Waals surface area (Å²) < 4.78 is 56.7. The van der Waals surface area contributed by atoms with Crippen LogP contribution >= 0.6 is 23.5 Å². The molecule has 2 amide bonds. The van der Waals surface area contributed by atoms with Crippen molar-refractivity contribution in [1.29, 1.82) is 0 Å². The number of carbonyl (C=O) groups excluding carboxylic acids is 2. The maximum absolute atomic E-state index is 14.5. The molecule has 3 aliphatic rings. The second kappa shape index (κ2) is 24.3. The van der Waals surface area contributed by atoms with Crippen molar-refractivity contribution >= 4 is 69.5 Å². The van der Waals surface area contributed by atoms with Crippen molar-refractivity contribution in [2.45, 2.75) is 102 Å². The Labute approximate surface area is 456 Å². The molecule has 1 saturated heterocycles. The molecule has 25 nitrogen and oxygen atoms in total. The molecule has 5 aromatic rings. The normalized spacial score (nSPS) is 20.2. The van der Waals surface area contributed by atoms with E-state index in [0.29, 0.717) is 44.5 Å². The zero-order valence-electron chi connectivity index (χ0n) is 44.9. The fourth-order valence-corrected chi connectivity index (χ4v) is 13.6. The van der Waals surface area contributed by atoms with Crippen molar-refractivity contribution in [2.24, 2.45) is 0 Å². The van der Waals surface area contributed by atoms with Gasteiger partial charge in [0.15, 0.2) is 23.2 Å². The van der Waals surface area contributed by atoms with Gasteiger partial charge in [-0.1, -0.05) is 51.0 Å². The fourth-order valence-electron chi connectivity index (χ4n) is 10.5. The molecule has 2 unspecified atom stereocenters. The number of aromatic nitrogens is 4. The summed E-state index contributed by atoms with van der Waals surface area (Å²) in [6.45, 7) is 8.94. The Hall–Kier alpha value is -5.49. The van der Waals surface area contributed by atoms with Crippen LogP contribution in [0.2, 0.25) is 0 Å². The number of hydrogen-bond donors (Lipinski definition) is 9. The molecule has 10 N–H and O–H groups in total. The maximum atomic E-state index is 14.5. The molecule has 2 aromatic heterocycles. The molecule has 0 radical (unpaired) electrons. The number of aliphatic hydroxyl groups is 2. The largest absolute Gasteiger partial charge is 0.490 e. The van der Waals surface area contributed by atoms with Crippen molar-refractivity contribution in [1.82, 2.24) is 34.3 Å². The Bertz CT molecular complexity index is 3390. The lowest BCUT2D eigenvalue weighted by atomic mass is 9.68. The number of unbranched alkanes of at least 4 members (excludes halogenated alkanes) is 3. The molecule has 8 rings (SSSR count). The van der Waals surface area contributed by atoms with Gasteiger partial charge in [-0.05, 0) is 89.9 Å². The summed E-state index contributed by atoms with van der Waals surface area (Å²) in [6, 6.07) is 19.3. The second-order valence-corrected chi connectivity index (χ2v) is 25.0. The predicted octanol–water partition coefficient (Wildman–Crippen LogP) is 3.42. The first-order valence-corrected chi connectivity index (χ1v) is 30.6. The van der Waals surface area contributed by atoms with E-state index in [0.717, 1.165) is 72.7 Å². The van der Waals surface area contributed by atoms with Crippen molar-refractivity contribution in [2.75, 3.05) is 76.4 Å². The van der Waals surface area contributed by atoms with Crippen LogP contribution in [-0.2, 0) is 48.2 Å². The van der Waals surface area contributed by atoms with Gasteiger partial charge in [0, 0.05) is 81.9 Å². The number of nitrogens with one attached hydrogen (secondary N) is 2. The topological polar surface area (TPSA) is 347 Å². The Morgan fingerprint density at radius 3 is 2.35 bits per heavy atom. The SMILES string of the molecule is CC[N+]1=c2cc3c(cc2CCC1)=C(c1ccccc1C(=O)N(C)CCCC(=O)NCCCCCCNc1nc2c(N)ncnc2n1[C@@H]1O[C@H](COP(=O)(O)OP(=O)(O)OP(=O)(O)O)[C@@H](O)[C@H]1O)c1ccc(N(C)C)cc1C3(C)C. The average Bonchev–Trinajstić information content (AvgIpc) is 3.95. The molecule has 0 saturated carbocycles. The lowest BCUT2D eigenvalue weighted by molar-refractivity contribution is -0.121. The average molecular weight is 1160 g/mol. The van der Waals surface area contributed by atoms with E-state index in [4.69, 9.17) is 20.3 Å². The third-order valence-corrected chi connectivity index (χ3v) is 18.3. The van der Waals surface area contributed by atoms with Gasteiger partial charge in [0.1, 0.15) is 37.7 Å². The van der Waals surface area contributed by atoms with E-state index in [-0.39, 0.29) is 46.6 Å². The molecule has 428 valence electrons. The number of nitrogens with zero attached hydrogens (tertiary/aromatic N) is 7. The van der Waals surface area contributed by atoms with E-state index in [2.05, 4.69) is 105 Å². The Balaban J connectivity index is 0.829. The number of nitrogens with two attached hydrogens (primary N) is 1. The highest BCUT2D eigenvalue weighted by atomic mass is 31.3. The summed E-state index contributed by atoms with van der Waals surface area (Å²) in [5.74, 6) is -0.131. The highest BCUT2D eigenvalue weighted by Crippen LogP contribution is 2.66. The molecular formula is C51H70N10O15P3+. The van der Waals surface area contributed by atoms with E-state index in [1.54, 1.807) is 11.9 Å². The maximum Gasteiger partial charge on any atom is 0.490 e. The number of amides is 2. The highest BCUT2D eigenvalue weighted by Gasteiger charge is 2.48. The Morgan fingerprint density at radius 2 is 1.63 bits per heavy atom. The summed E-state index contributed by atoms with van der Waals surface area (Å²) in [5, 5.41) is 30.4. The van der Waals surface area contributed by atoms with Gasteiger partial charge in [-0.25, -0.2) is 33.2 Å². The number of hydrogen-bond acceptors (Lipinski definition) is 17. The fraction of sp³-hybridized carbons (Fsp3) is 0.490. The van der Waals surface area contributed by atoms with E-state index in [1.165, 1.54) is 26.6 Å². The van der Waals surface area contributed by atoms with Crippen LogP contribution < -0.4 is 36.4 Å². The summed E-state index contributed by atoms with van der Waals surface area (Å²) in [6.07, 6.45) is 0.263. The van der Waals surface area contributed by atoms with Gasteiger partial charge in [-0.2, -0.15) is 8.62 Å². The highest BCUT2D eigenvalue weighted by molar-refractivity contribution is 7.66. The molecule has 0 bridgehead atoms. The summed E-state index contributed by atoms with van der Waals surface area (Å²) in [7, 11) is -11.1. The van der Waals surface area contributed by atoms with Gasteiger partial charge >= 0.3 is 23.5 Å². The number of benzene rings is 3. The Morgan fingerprint density at radius 1 is 0.899 bits per heavy atom. The minimum atomic E-state index is -5.81. The van der Waals surface area contributed by atoms with Crippen LogP contribution in [0.1, 0.15) is 110 Å². The van der Waals surface area contributed by atoms with Gasteiger partial charge in [-0.3, -0.25) is 18.7 Å². The van der Waals surface area contributed by atoms with Crippen molar-refractivity contribution in [3.05, 3.63) is 105 Å². The van der Waals surface area contributed by atoms with Crippen LogP contribution in [0.4, 0.5) is 17.5 Å². The summed E-state index contributed by atoms with van der Waals surface area (Å²) in [4.78, 5) is 80.9. The molecule has 0 spiro atoms. The quantitative estimate of drug-likeness (QED) is 0.0243. The first-order chi connectivity index (χ1) is 37.3. The molecule has 1 aliphatic carbocycles. The van der Waals surface area contributed by atoms with Gasteiger partial charge in [0.25, 0.3) is 5.91 Å². The standard InChI is InChI=1S/C51H69N10O15P3/c1-7-60-25-14-16-31-26-36-38(28-39(31)60)51(2,3)37-27-32(58(4)5)20-21-35(37)42(36)33-17-10-11-18-34(33)48(65)59(6)24-15-19-41(62)53-22-12-8-9-13-23-54-50-57-43-46(52)55-30-56-47(43)61(50)49-45(64)44(63)40(74-49)29-73-78(69,70)76-79(71,72)75-77(66,67)68/h10-11,17-18,20-21,26-28,30,40,44-45,49,52,63-64H,7-9,12-16,19,22-25,29H2,1-6H3,(H6,53,62,65,66,67,68,69,70,71,72)/p+1/t40-,44-,45-,49-/m1/s1. The first-order valence-electron chi connectivity index (χ1n) is 26.1. The number of phosphoric ester groups is 1. The molecule has 2 aliphatic heterocycles. The van der Waals surface area contributed by atoms with Gasteiger partial charge < -0.3 is 60.7 Å². The molecule has 79 heavy (non-hydrogen) atoms. The molecule has 3 aromatic carbocycles. The zero-order chi connectivity index (χ0) is 57.2. The lowest BCUT2D eigenvalue weighted by Crippen LogP contribution is -2.43. The molecule has 4 heterocycles. The third kappa shape index (κ3) is 13.5. The number of anilines is 3. The number of carbonyl (C=O) groups is 2. The van der Waals surface area contributed by atoms with Crippen LogP contribution in [0.5, 0.6) is 0 Å². The van der Waals surface area contributed by atoms with Crippen LogP contribution in [-0.4, -0.2) is 145 Å². The second-order valence-electron chi connectivity index (χ2n) is 20.6. The van der Waals surface area contributed by atoms with Crippen molar-refractivity contribution in [3.63, 3.8) is 0 Å². The van der Waals surface area contributed by atoms with Gasteiger partial charge in [0.2, 0.25) is 17.2 Å². The molecular weight excluding hydrogens is 1090 g/mol. The smallest absolute Gasteiger partial charge is 0.387 e. The number of imidazole rings is 1. The van der Waals surface area contributed by atoms with E-state index < -0.39 is 54.6 Å². The number of fused-ring (bicyclic) bond motifs is 4. The predicted molar refractivity (Wildman–Crippen MR) is 293 cm³/mol. The molecule has 1 fully saturated rings. The number of nitrogen functional groups attached to an aromatic ring is 1. The lowest BCUT2D eigenvalue weighted by Gasteiger charge is -2.36. The number of phosphoric acid groups is 3. The number of aliphatic hydroxyl groups excluding tert-OH is 2. The van der Waals surface area contributed by atoms with Gasteiger partial charge in [-0.15, -0.1) is 0 Å². The van der Waals surface area contributed by atoms with E-state index in [1.807, 2.05) is 32.3 Å². The summed E-state index contributed by atoms with van der Waals surface area (Å²) >= 11 is 0. The number of aryl methyl sites for hydroxylation is 1. The van der Waals surface area contributed by atoms with Gasteiger partial charge in [0.05, 0.1) is 6.61 Å². The van der Waals surface area contributed by atoms with Crippen LogP contribution in [0, 0.1) is 0 Å². The zero-order valence-corrected chi connectivity index (χ0v) is 47.6. The number of rotatable bonds is 24. The van der Waals surface area contributed by atoms with E-state index in [9.17, 15) is 43.3 Å². The third-order valence-electron chi connectivity index (χ3n) is 14.5. The van der Waals surface area contributed by atoms with Crippen molar-refractivity contribution < 1.29 is 71.0 Å². The van der Waals surface area contributed by atoms with Crippen LogP contribution in [0.15, 0.2) is 60.9 Å². The first kappa shape index (κ1) is 59.6. The number of ether oxygens (including phenoxy) is 1. The van der Waals surface area contributed by atoms with E-state index >= 15 is 0 Å².